The minimum Gasteiger partial charge on any atom is -0.493 e. The summed E-state index contributed by atoms with van der Waals surface area (Å²) in [5, 5.41) is 11.1. The molecule has 0 bridgehead atoms. The summed E-state index contributed by atoms with van der Waals surface area (Å²) in [6, 6.07) is 24.4. The molecule has 1 aliphatic heterocycles. The number of ether oxygens (including phenoxy) is 6. The second-order valence-corrected chi connectivity index (χ2v) is 13.7. The average molecular weight is 782 g/mol. The molecule has 0 radical (unpaired) electrons. The smallest absolute Gasteiger partial charge is 0.415 e. The molecule has 1 aliphatic rings. The van der Waals surface area contributed by atoms with Crippen LogP contribution in [-0.4, -0.2) is 63.8 Å². The Morgan fingerprint density at radius 2 is 1.43 bits per heavy atom. The first-order valence-corrected chi connectivity index (χ1v) is 18.1. The van der Waals surface area contributed by atoms with E-state index < -0.39 is 10.7 Å². The minimum absolute atomic E-state index is 0.206. The monoisotopic (exact) mass is 780 g/mol. The van der Waals surface area contributed by atoms with Gasteiger partial charge >= 0.3 is 5.91 Å². The fourth-order valence-corrected chi connectivity index (χ4v) is 6.88. The summed E-state index contributed by atoms with van der Waals surface area (Å²) in [6.07, 6.45) is 4.38. The lowest BCUT2D eigenvalue weighted by molar-refractivity contribution is -1.15. The van der Waals surface area contributed by atoms with Crippen molar-refractivity contribution >= 4 is 33.6 Å². The predicted octanol–water partition coefficient (Wildman–Crippen LogP) is 8.91. The Kier molecular flexibility index (Phi) is 13.4. The molecule has 4 aromatic carbocycles. The first kappa shape index (κ1) is 38.2. The van der Waals surface area contributed by atoms with Crippen molar-refractivity contribution < 1.29 is 48.1 Å². The Hall–Kier alpha value is -4.04. The molecule has 1 amide bonds. The molecule has 0 aromatic heterocycles. The molecule has 3 unspecified atom stereocenters. The number of methoxy groups -OCH3 is 4. The standard InChI is InChI=1S/C39H43BrNO9S/c1-44-34-23-28(32-17-18-33(50-32)29-24-35(45-2)38(47-4)36(25-29)46-3)22-27(37(34)49-20-21-51-31-15-13-30(40)14-16-31)12-9-19-41(43,48-5)39(42)26-10-7-6-8-11-26/h6-11,13-16,19,22-25,32-33,43H,12,17-18,20-21H2,1-5H3/q+1. The highest BCUT2D eigenvalue weighted by Gasteiger charge is 2.36. The van der Waals surface area contributed by atoms with Crippen LogP contribution >= 0.6 is 27.7 Å². The number of allylic oxidation sites excluding steroid dienone is 1. The van der Waals surface area contributed by atoms with Crippen molar-refractivity contribution in [1.29, 1.82) is 0 Å². The zero-order chi connectivity index (χ0) is 36.4. The van der Waals surface area contributed by atoms with E-state index in [4.69, 9.17) is 33.3 Å². The Bertz CT molecular complexity index is 1780. The molecule has 51 heavy (non-hydrogen) atoms. The van der Waals surface area contributed by atoms with Gasteiger partial charge in [0, 0.05) is 25.5 Å². The summed E-state index contributed by atoms with van der Waals surface area (Å²) in [7, 11) is 7.64. The summed E-state index contributed by atoms with van der Waals surface area (Å²) in [5.74, 6) is 2.86. The lowest BCUT2D eigenvalue weighted by atomic mass is 9.99. The fraction of sp³-hybridized carbons (Fsp3) is 0.308. The number of nitrogens with zero attached hydrogens (tertiary/aromatic N) is 1. The maximum Gasteiger partial charge on any atom is 0.415 e. The number of hydroxylamine groups is 4. The van der Waals surface area contributed by atoms with Gasteiger partial charge in [0.2, 0.25) is 5.75 Å². The maximum absolute atomic E-state index is 13.2. The average Bonchev–Trinajstić information content (AvgIpc) is 3.67. The first-order valence-electron chi connectivity index (χ1n) is 16.4. The van der Waals surface area contributed by atoms with Crippen LogP contribution in [0.2, 0.25) is 0 Å². The van der Waals surface area contributed by atoms with Gasteiger partial charge in [0.25, 0.3) is 0 Å². The van der Waals surface area contributed by atoms with Gasteiger partial charge in [-0.1, -0.05) is 34.1 Å². The Labute approximate surface area is 311 Å². The van der Waals surface area contributed by atoms with E-state index in [9.17, 15) is 10.0 Å². The van der Waals surface area contributed by atoms with Crippen LogP contribution in [0.3, 0.4) is 0 Å². The van der Waals surface area contributed by atoms with Gasteiger partial charge in [0.15, 0.2) is 29.2 Å². The molecule has 5 rings (SSSR count). The van der Waals surface area contributed by atoms with Gasteiger partial charge in [-0.2, -0.15) is 10.0 Å². The van der Waals surface area contributed by atoms with E-state index in [1.165, 1.54) is 13.3 Å². The molecule has 270 valence electrons. The zero-order valence-electron chi connectivity index (χ0n) is 29.3. The lowest BCUT2D eigenvalue weighted by Gasteiger charge is -2.21. The van der Waals surface area contributed by atoms with Crippen LogP contribution < -0.4 is 23.7 Å². The van der Waals surface area contributed by atoms with Crippen molar-refractivity contribution in [3.8, 4) is 28.7 Å². The minimum atomic E-state index is -1.36. The number of rotatable bonds is 16. The van der Waals surface area contributed by atoms with Crippen molar-refractivity contribution in [2.75, 3.05) is 47.9 Å². The molecule has 1 heterocycles. The number of amides is 1. The Morgan fingerprint density at radius 3 is 2.00 bits per heavy atom. The zero-order valence-corrected chi connectivity index (χ0v) is 31.7. The number of thioether (sulfide) groups is 1. The normalized spacial score (nSPS) is 16.8. The van der Waals surface area contributed by atoms with Crippen LogP contribution in [0.25, 0.3) is 0 Å². The van der Waals surface area contributed by atoms with Crippen LogP contribution in [0.1, 0.15) is 52.1 Å². The molecule has 0 aliphatic carbocycles. The highest BCUT2D eigenvalue weighted by molar-refractivity contribution is 9.10. The van der Waals surface area contributed by atoms with E-state index in [2.05, 4.69) is 28.1 Å². The number of carbonyl (C=O) groups is 1. The second kappa shape index (κ2) is 17.9. The molecule has 10 nitrogen and oxygen atoms in total. The van der Waals surface area contributed by atoms with Crippen LogP contribution in [0.5, 0.6) is 28.7 Å². The summed E-state index contributed by atoms with van der Waals surface area (Å²) in [6.45, 7) is 0.418. The van der Waals surface area contributed by atoms with Crippen LogP contribution in [-0.2, 0) is 16.0 Å². The predicted molar refractivity (Wildman–Crippen MR) is 198 cm³/mol. The van der Waals surface area contributed by atoms with Crippen LogP contribution in [0, 0.1) is 0 Å². The quantitative estimate of drug-likeness (QED) is 0.0390. The fourth-order valence-electron chi connectivity index (χ4n) is 5.89. The molecule has 3 atom stereocenters. The number of benzene rings is 4. The van der Waals surface area contributed by atoms with Gasteiger partial charge < -0.3 is 28.4 Å². The SMILES string of the molecule is COc1cc(C2CCC(c3cc(OC)c(OC)c(OC)c3)O2)cc(CC=C[N+](O)(OC)C(=O)c2ccccc2)c1OCCSc1ccc(Br)cc1. The highest BCUT2D eigenvalue weighted by atomic mass is 79.9. The largest absolute Gasteiger partial charge is 0.493 e. The van der Waals surface area contributed by atoms with E-state index in [-0.39, 0.29) is 12.2 Å². The topological polar surface area (TPSA) is 102 Å². The number of quaternary nitrogens is 1. The van der Waals surface area contributed by atoms with Crippen LogP contribution in [0.15, 0.2) is 101 Å². The lowest BCUT2D eigenvalue weighted by Crippen LogP contribution is -2.44. The van der Waals surface area contributed by atoms with E-state index in [1.807, 2.05) is 36.4 Å². The molecular formula is C39H43BrNO9S+. The summed E-state index contributed by atoms with van der Waals surface area (Å²) in [5.41, 5.74) is 2.94. The van der Waals surface area contributed by atoms with Crippen molar-refractivity contribution in [3.63, 3.8) is 0 Å². The molecule has 1 fully saturated rings. The van der Waals surface area contributed by atoms with E-state index in [0.29, 0.717) is 53.1 Å². The van der Waals surface area contributed by atoms with Crippen molar-refractivity contribution in [2.24, 2.45) is 0 Å². The number of carbonyl (C=O) groups excluding carboxylic acids is 1. The Balaban J connectivity index is 1.41. The van der Waals surface area contributed by atoms with Crippen molar-refractivity contribution in [3.05, 3.63) is 118 Å². The van der Waals surface area contributed by atoms with Gasteiger partial charge in [-0.15, -0.1) is 11.8 Å². The van der Waals surface area contributed by atoms with Crippen molar-refractivity contribution in [2.45, 2.75) is 36.4 Å². The van der Waals surface area contributed by atoms with Crippen molar-refractivity contribution in [1.82, 2.24) is 0 Å². The third kappa shape index (κ3) is 9.26. The van der Waals surface area contributed by atoms with Crippen LogP contribution in [0.4, 0.5) is 0 Å². The molecule has 1 N–H and O–H groups in total. The molecule has 4 aromatic rings. The second-order valence-electron chi connectivity index (χ2n) is 11.6. The van der Waals surface area contributed by atoms with E-state index >= 15 is 0 Å². The van der Waals surface area contributed by atoms with E-state index in [1.54, 1.807) is 76.6 Å². The number of hydrogen-bond donors (Lipinski definition) is 1. The van der Waals surface area contributed by atoms with Gasteiger partial charge in [-0.25, -0.2) is 4.79 Å². The Morgan fingerprint density at radius 1 is 0.843 bits per heavy atom. The molecular weight excluding hydrogens is 738 g/mol. The van der Waals surface area contributed by atoms with Gasteiger partial charge in [0.05, 0.1) is 52.8 Å². The summed E-state index contributed by atoms with van der Waals surface area (Å²) < 4.78 is 36.6. The molecule has 12 heteroatoms. The van der Waals surface area contributed by atoms with E-state index in [0.717, 1.165) is 38.9 Å². The number of halogens is 1. The molecule has 0 saturated carbocycles. The maximum atomic E-state index is 13.2. The third-order valence-electron chi connectivity index (χ3n) is 8.47. The summed E-state index contributed by atoms with van der Waals surface area (Å²) >= 11 is 5.17. The molecule has 1 saturated heterocycles. The number of hydrogen-bond acceptors (Lipinski definition) is 10. The van der Waals surface area contributed by atoms with Gasteiger partial charge in [0.1, 0.15) is 7.11 Å². The first-order chi connectivity index (χ1) is 24.7. The third-order valence-corrected chi connectivity index (χ3v) is 9.98. The van der Waals surface area contributed by atoms with Gasteiger partial charge in [-0.3, -0.25) is 0 Å². The van der Waals surface area contributed by atoms with Gasteiger partial charge in [-0.05, 0) is 97.1 Å². The molecule has 0 spiro atoms. The summed E-state index contributed by atoms with van der Waals surface area (Å²) in [4.78, 5) is 18.2. The highest BCUT2D eigenvalue weighted by Crippen LogP contribution is 2.47.